The first kappa shape index (κ1) is 23.8. The Morgan fingerprint density at radius 3 is 2.08 bits per heavy atom. The van der Waals surface area contributed by atoms with E-state index in [0.29, 0.717) is 11.1 Å². The summed E-state index contributed by atoms with van der Waals surface area (Å²) >= 11 is 0. The van der Waals surface area contributed by atoms with Crippen molar-refractivity contribution in [3.05, 3.63) is 156 Å². The Bertz CT molecular complexity index is 1930. The van der Waals surface area contributed by atoms with E-state index >= 15 is 0 Å². The summed E-state index contributed by atoms with van der Waals surface area (Å²) in [5.74, 6) is -0.422. The molecule has 2 aliphatic rings. The first-order valence-corrected chi connectivity index (χ1v) is 13.3. The lowest BCUT2D eigenvalue weighted by Crippen LogP contribution is -2.18. The van der Waals surface area contributed by atoms with Crippen LogP contribution in [0.1, 0.15) is 31.8 Å². The molecule has 0 bridgehead atoms. The first-order valence-electron chi connectivity index (χ1n) is 13.3. The van der Waals surface area contributed by atoms with E-state index in [2.05, 4.69) is 66.1 Å². The van der Waals surface area contributed by atoms with Gasteiger partial charge in [-0.05, 0) is 75.2 Å². The smallest absolute Gasteiger partial charge is 0.197 e. The standard InChI is InChI=1S/C37H25NO2/c1-24-9-3-2-8-18-38(35-13-7-6-12-31(24)35)30-17-16-28-19-25(14-15-29(28)21-30)20-34-36(39)32-22-26-10-4-5-11-27(26)23-33(32)37(34)40/h2-17,19-23H,1,18H2/b8-2-,9-3-. The van der Waals surface area contributed by atoms with Crippen LogP contribution in [0.5, 0.6) is 0 Å². The molecule has 0 radical (unpaired) electrons. The molecular formula is C37H25NO2. The fraction of sp³-hybridized carbons (Fsp3) is 0.0270. The lowest BCUT2D eigenvalue weighted by molar-refractivity contribution is 0.0990. The van der Waals surface area contributed by atoms with Gasteiger partial charge in [0.15, 0.2) is 11.6 Å². The van der Waals surface area contributed by atoms with Crippen LogP contribution in [0.25, 0.3) is 33.2 Å². The largest absolute Gasteiger partial charge is 0.337 e. The fourth-order valence-corrected chi connectivity index (χ4v) is 5.65. The van der Waals surface area contributed by atoms with E-state index in [1.165, 1.54) is 0 Å². The second-order valence-electron chi connectivity index (χ2n) is 10.2. The van der Waals surface area contributed by atoms with Crippen molar-refractivity contribution in [2.24, 2.45) is 0 Å². The SMILES string of the molecule is C=C1/C=C\C=C/CN(c2ccc3cc(C=C4C(=O)c5cc6ccccc6cc5C4=O)ccc3c2)c2ccccc21. The van der Waals surface area contributed by atoms with Crippen LogP contribution in [0.2, 0.25) is 0 Å². The van der Waals surface area contributed by atoms with Crippen molar-refractivity contribution in [1.29, 1.82) is 0 Å². The van der Waals surface area contributed by atoms with Crippen LogP contribution >= 0.6 is 0 Å². The number of rotatable bonds is 2. The Kier molecular flexibility index (Phi) is 5.64. The van der Waals surface area contributed by atoms with Gasteiger partial charge in [-0.3, -0.25) is 9.59 Å². The number of para-hydroxylation sites is 1. The first-order chi connectivity index (χ1) is 19.6. The molecule has 40 heavy (non-hydrogen) atoms. The van der Waals surface area contributed by atoms with E-state index in [4.69, 9.17) is 0 Å². The molecule has 1 heterocycles. The van der Waals surface area contributed by atoms with Crippen LogP contribution in [0.3, 0.4) is 0 Å². The Balaban J connectivity index is 1.24. The van der Waals surface area contributed by atoms with Crippen molar-refractivity contribution < 1.29 is 9.59 Å². The van der Waals surface area contributed by atoms with Gasteiger partial charge in [0, 0.05) is 34.6 Å². The molecule has 190 valence electrons. The number of hydrogen-bond acceptors (Lipinski definition) is 3. The summed E-state index contributed by atoms with van der Waals surface area (Å²) in [5, 5.41) is 4.04. The second-order valence-corrected chi connectivity index (χ2v) is 10.2. The average Bonchev–Trinajstić information content (AvgIpc) is 3.25. The van der Waals surface area contributed by atoms with E-state index in [-0.39, 0.29) is 17.1 Å². The van der Waals surface area contributed by atoms with Crippen molar-refractivity contribution in [2.75, 3.05) is 11.4 Å². The van der Waals surface area contributed by atoms with Crippen molar-refractivity contribution in [1.82, 2.24) is 0 Å². The van der Waals surface area contributed by atoms with Crippen molar-refractivity contribution >= 4 is 56.1 Å². The van der Waals surface area contributed by atoms with Crippen molar-refractivity contribution in [2.45, 2.75) is 0 Å². The predicted molar refractivity (Wildman–Crippen MR) is 165 cm³/mol. The van der Waals surface area contributed by atoms with Gasteiger partial charge in [-0.15, -0.1) is 0 Å². The van der Waals surface area contributed by atoms with Gasteiger partial charge in [-0.2, -0.15) is 0 Å². The lowest BCUT2D eigenvalue weighted by atomic mass is 10.0. The Morgan fingerprint density at radius 1 is 0.650 bits per heavy atom. The summed E-state index contributed by atoms with van der Waals surface area (Å²) in [4.78, 5) is 28.7. The van der Waals surface area contributed by atoms with E-state index in [1.807, 2.05) is 66.7 Å². The lowest BCUT2D eigenvalue weighted by Gasteiger charge is -2.26. The van der Waals surface area contributed by atoms with Crippen LogP contribution in [-0.4, -0.2) is 18.1 Å². The molecule has 3 nitrogen and oxygen atoms in total. The number of anilines is 2. The van der Waals surface area contributed by atoms with Crippen molar-refractivity contribution in [3.8, 4) is 0 Å². The maximum absolute atomic E-state index is 13.2. The van der Waals surface area contributed by atoms with E-state index in [1.54, 1.807) is 6.08 Å². The molecule has 0 spiro atoms. The van der Waals surface area contributed by atoms with Gasteiger partial charge in [0.25, 0.3) is 0 Å². The average molecular weight is 516 g/mol. The summed E-state index contributed by atoms with van der Waals surface area (Å²) in [6.07, 6.45) is 9.99. The van der Waals surface area contributed by atoms with Gasteiger partial charge in [-0.25, -0.2) is 0 Å². The topological polar surface area (TPSA) is 37.4 Å². The third kappa shape index (κ3) is 4.00. The molecule has 1 aliphatic heterocycles. The molecule has 0 unspecified atom stereocenters. The number of carbonyl (C=O) groups is 2. The van der Waals surface area contributed by atoms with E-state index < -0.39 is 0 Å². The van der Waals surface area contributed by atoms with Crippen LogP contribution in [0, 0.1) is 0 Å². The molecule has 5 aromatic rings. The maximum Gasteiger partial charge on any atom is 0.197 e. The third-order valence-electron chi connectivity index (χ3n) is 7.71. The minimum absolute atomic E-state index is 0.211. The number of benzene rings is 5. The van der Waals surface area contributed by atoms with Gasteiger partial charge in [0.2, 0.25) is 0 Å². The van der Waals surface area contributed by atoms with Crippen LogP contribution in [0.4, 0.5) is 11.4 Å². The molecule has 1 aliphatic carbocycles. The number of Topliss-reactive ketones (excluding diaryl/α,β-unsaturated/α-hetero) is 2. The number of fused-ring (bicyclic) bond motifs is 4. The molecule has 0 N–H and O–H groups in total. The molecule has 5 aromatic carbocycles. The summed E-state index contributed by atoms with van der Waals surface area (Å²) in [6.45, 7) is 4.99. The number of carbonyl (C=O) groups excluding carboxylic acids is 2. The monoisotopic (exact) mass is 515 g/mol. The molecule has 0 saturated heterocycles. The normalized spacial score (nSPS) is 16.4. The molecule has 0 amide bonds. The number of nitrogens with zero attached hydrogens (tertiary/aromatic N) is 1. The molecule has 0 atom stereocenters. The molecule has 0 fully saturated rings. The van der Waals surface area contributed by atoms with E-state index in [9.17, 15) is 9.59 Å². The number of allylic oxidation sites excluding steroid dienone is 5. The highest BCUT2D eigenvalue weighted by Crippen LogP contribution is 2.36. The molecule has 0 aromatic heterocycles. The maximum atomic E-state index is 13.2. The zero-order chi connectivity index (χ0) is 27.2. The summed E-state index contributed by atoms with van der Waals surface area (Å²) in [7, 11) is 0. The Labute approximate surface area is 232 Å². The zero-order valence-corrected chi connectivity index (χ0v) is 21.8. The van der Waals surface area contributed by atoms with E-state index in [0.717, 1.165) is 56.2 Å². The van der Waals surface area contributed by atoms with Crippen molar-refractivity contribution in [3.63, 3.8) is 0 Å². The minimum atomic E-state index is -0.211. The van der Waals surface area contributed by atoms with Gasteiger partial charge >= 0.3 is 0 Å². The summed E-state index contributed by atoms with van der Waals surface area (Å²) in [5.41, 5.74) is 6.27. The molecular weight excluding hydrogens is 490 g/mol. The molecule has 7 rings (SSSR count). The highest BCUT2D eigenvalue weighted by molar-refractivity contribution is 6.42. The second kappa shape index (κ2) is 9.48. The number of hydrogen-bond donors (Lipinski definition) is 0. The Morgan fingerprint density at radius 2 is 1.30 bits per heavy atom. The van der Waals surface area contributed by atoms with Crippen LogP contribution in [0.15, 0.2) is 134 Å². The summed E-state index contributed by atoms with van der Waals surface area (Å²) in [6, 6.07) is 32.2. The predicted octanol–water partition coefficient (Wildman–Crippen LogP) is 8.73. The van der Waals surface area contributed by atoms with Gasteiger partial charge in [0.1, 0.15) is 0 Å². The highest BCUT2D eigenvalue weighted by atomic mass is 16.2. The minimum Gasteiger partial charge on any atom is -0.337 e. The molecule has 0 saturated carbocycles. The summed E-state index contributed by atoms with van der Waals surface area (Å²) < 4.78 is 0. The highest BCUT2D eigenvalue weighted by Gasteiger charge is 2.33. The van der Waals surface area contributed by atoms with Gasteiger partial charge in [-0.1, -0.05) is 91.5 Å². The fourth-order valence-electron chi connectivity index (χ4n) is 5.65. The van der Waals surface area contributed by atoms with Gasteiger partial charge in [0.05, 0.1) is 5.57 Å². The van der Waals surface area contributed by atoms with Gasteiger partial charge < -0.3 is 4.90 Å². The van der Waals surface area contributed by atoms with Crippen LogP contribution < -0.4 is 4.90 Å². The quantitative estimate of drug-likeness (QED) is 0.174. The zero-order valence-electron chi connectivity index (χ0n) is 21.8. The number of ketones is 2. The third-order valence-corrected chi connectivity index (χ3v) is 7.71. The molecule has 3 heteroatoms. The van der Waals surface area contributed by atoms with Crippen LogP contribution in [-0.2, 0) is 0 Å². The Hall–Kier alpha value is -5.28.